The maximum atomic E-state index is 12.3. The van der Waals surface area contributed by atoms with Gasteiger partial charge in [0.05, 0.1) is 0 Å². The smallest absolute Gasteiger partial charge is 0.255 e. The van der Waals surface area contributed by atoms with Gasteiger partial charge in [-0.1, -0.05) is 22.0 Å². The van der Waals surface area contributed by atoms with Gasteiger partial charge in [0.25, 0.3) is 5.91 Å². The molecule has 3 rings (SSSR count). The molecule has 108 valence electrons. The molecule has 0 unspecified atom stereocenters. The van der Waals surface area contributed by atoms with Crippen LogP contribution in [0.25, 0.3) is 0 Å². The maximum absolute atomic E-state index is 12.3. The molecule has 1 heterocycles. The van der Waals surface area contributed by atoms with Crippen LogP contribution in [0, 0.1) is 6.92 Å². The minimum atomic E-state index is -0.173. The summed E-state index contributed by atoms with van der Waals surface area (Å²) in [5.41, 5.74) is 2.33. The van der Waals surface area contributed by atoms with Crippen LogP contribution in [0.2, 0.25) is 0 Å². The Kier molecular flexibility index (Phi) is 3.84. The fourth-order valence-corrected chi connectivity index (χ4v) is 2.47. The molecule has 21 heavy (non-hydrogen) atoms. The van der Waals surface area contributed by atoms with Gasteiger partial charge in [0.1, 0.15) is 13.2 Å². The molecule has 0 atom stereocenters. The van der Waals surface area contributed by atoms with Crippen LogP contribution in [-0.4, -0.2) is 19.1 Å². The van der Waals surface area contributed by atoms with Crippen molar-refractivity contribution in [3.05, 3.63) is 52.0 Å². The SMILES string of the molecule is Cc1ccc(Br)cc1NC(=O)c1ccc2c(c1)OCCO2. The molecule has 2 aromatic carbocycles. The molecule has 1 aliphatic heterocycles. The number of anilines is 1. The number of carbonyl (C=O) groups excluding carboxylic acids is 1. The third-order valence-electron chi connectivity index (χ3n) is 3.25. The van der Waals surface area contributed by atoms with E-state index in [1.165, 1.54) is 0 Å². The van der Waals surface area contributed by atoms with E-state index >= 15 is 0 Å². The summed E-state index contributed by atoms with van der Waals surface area (Å²) >= 11 is 3.40. The zero-order valence-electron chi connectivity index (χ0n) is 11.5. The Bertz CT molecular complexity index is 700. The quantitative estimate of drug-likeness (QED) is 0.899. The molecule has 0 radical (unpaired) electrons. The fourth-order valence-electron chi connectivity index (χ4n) is 2.11. The fraction of sp³-hybridized carbons (Fsp3) is 0.188. The molecule has 4 nitrogen and oxygen atoms in total. The molecule has 0 saturated heterocycles. The third kappa shape index (κ3) is 3.03. The lowest BCUT2D eigenvalue weighted by atomic mass is 10.1. The van der Waals surface area contributed by atoms with Gasteiger partial charge in [0, 0.05) is 15.7 Å². The Morgan fingerprint density at radius 1 is 1.10 bits per heavy atom. The predicted octanol–water partition coefficient (Wildman–Crippen LogP) is 3.78. The lowest BCUT2D eigenvalue weighted by Crippen LogP contribution is -2.17. The second kappa shape index (κ2) is 5.77. The summed E-state index contributed by atoms with van der Waals surface area (Å²) in [4.78, 5) is 12.3. The highest BCUT2D eigenvalue weighted by atomic mass is 79.9. The molecule has 0 aromatic heterocycles. The number of fused-ring (bicyclic) bond motifs is 1. The highest BCUT2D eigenvalue weighted by Crippen LogP contribution is 2.31. The van der Waals surface area contributed by atoms with Crippen LogP contribution in [0.15, 0.2) is 40.9 Å². The summed E-state index contributed by atoms with van der Waals surface area (Å²) in [5.74, 6) is 1.12. The van der Waals surface area contributed by atoms with Crippen molar-refractivity contribution >= 4 is 27.5 Å². The summed E-state index contributed by atoms with van der Waals surface area (Å²) in [5, 5.41) is 2.91. The molecule has 1 aliphatic rings. The van der Waals surface area contributed by atoms with Crippen LogP contribution >= 0.6 is 15.9 Å². The van der Waals surface area contributed by atoms with Crippen LogP contribution in [-0.2, 0) is 0 Å². The molecule has 0 aliphatic carbocycles. The van der Waals surface area contributed by atoms with Gasteiger partial charge in [-0.05, 0) is 42.8 Å². The number of benzene rings is 2. The largest absolute Gasteiger partial charge is 0.486 e. The minimum absolute atomic E-state index is 0.173. The first-order valence-corrected chi connectivity index (χ1v) is 7.40. The molecule has 1 N–H and O–H groups in total. The first kappa shape index (κ1) is 13.9. The van der Waals surface area contributed by atoms with E-state index in [9.17, 15) is 4.79 Å². The number of ether oxygens (including phenoxy) is 2. The van der Waals surface area contributed by atoms with E-state index in [0.717, 1.165) is 15.7 Å². The molecule has 1 amide bonds. The molecule has 0 spiro atoms. The topological polar surface area (TPSA) is 47.6 Å². The lowest BCUT2D eigenvalue weighted by molar-refractivity contribution is 0.102. The van der Waals surface area contributed by atoms with Gasteiger partial charge in [0.2, 0.25) is 0 Å². The maximum Gasteiger partial charge on any atom is 0.255 e. The highest BCUT2D eigenvalue weighted by molar-refractivity contribution is 9.10. The van der Waals surface area contributed by atoms with E-state index in [1.807, 2.05) is 25.1 Å². The van der Waals surface area contributed by atoms with E-state index in [0.29, 0.717) is 30.3 Å². The van der Waals surface area contributed by atoms with Crippen molar-refractivity contribution in [3.8, 4) is 11.5 Å². The highest BCUT2D eigenvalue weighted by Gasteiger charge is 2.15. The Hall–Kier alpha value is -2.01. The number of hydrogen-bond donors (Lipinski definition) is 1. The Morgan fingerprint density at radius 2 is 1.86 bits per heavy atom. The Balaban J connectivity index is 1.83. The number of aryl methyl sites for hydroxylation is 1. The Labute approximate surface area is 131 Å². The second-order valence-corrected chi connectivity index (χ2v) is 5.69. The van der Waals surface area contributed by atoms with Crippen molar-refractivity contribution in [2.75, 3.05) is 18.5 Å². The summed E-state index contributed by atoms with van der Waals surface area (Å²) in [6.07, 6.45) is 0. The number of carbonyl (C=O) groups is 1. The average Bonchev–Trinajstić information content (AvgIpc) is 2.50. The van der Waals surface area contributed by atoms with Gasteiger partial charge < -0.3 is 14.8 Å². The van der Waals surface area contributed by atoms with E-state index in [2.05, 4.69) is 21.2 Å². The minimum Gasteiger partial charge on any atom is -0.486 e. The van der Waals surface area contributed by atoms with Crippen LogP contribution in [0.3, 0.4) is 0 Å². The predicted molar refractivity (Wildman–Crippen MR) is 84.3 cm³/mol. The van der Waals surface area contributed by atoms with E-state index in [4.69, 9.17) is 9.47 Å². The summed E-state index contributed by atoms with van der Waals surface area (Å²) in [7, 11) is 0. The molecule has 0 bridgehead atoms. The monoisotopic (exact) mass is 347 g/mol. The normalized spacial score (nSPS) is 12.9. The van der Waals surface area contributed by atoms with Crippen LogP contribution in [0.4, 0.5) is 5.69 Å². The molecule has 2 aromatic rings. The standard InChI is InChI=1S/C16H14BrNO3/c1-10-2-4-12(17)9-13(10)18-16(19)11-3-5-14-15(8-11)21-7-6-20-14/h2-5,8-9H,6-7H2,1H3,(H,18,19). The summed E-state index contributed by atoms with van der Waals surface area (Å²) < 4.78 is 11.9. The van der Waals surface area contributed by atoms with Crippen LogP contribution < -0.4 is 14.8 Å². The van der Waals surface area contributed by atoms with Crippen molar-refractivity contribution in [2.45, 2.75) is 6.92 Å². The van der Waals surface area contributed by atoms with E-state index in [1.54, 1.807) is 18.2 Å². The van der Waals surface area contributed by atoms with E-state index < -0.39 is 0 Å². The van der Waals surface area contributed by atoms with Gasteiger partial charge in [-0.15, -0.1) is 0 Å². The van der Waals surface area contributed by atoms with Crippen LogP contribution in [0.5, 0.6) is 11.5 Å². The van der Waals surface area contributed by atoms with Gasteiger partial charge in [0.15, 0.2) is 11.5 Å². The van der Waals surface area contributed by atoms with Crippen molar-refractivity contribution in [3.63, 3.8) is 0 Å². The molecule has 0 saturated carbocycles. The zero-order chi connectivity index (χ0) is 14.8. The number of rotatable bonds is 2. The molecule has 0 fully saturated rings. The van der Waals surface area contributed by atoms with Gasteiger partial charge in [-0.3, -0.25) is 4.79 Å². The number of halogens is 1. The number of amides is 1. The van der Waals surface area contributed by atoms with Gasteiger partial charge in [-0.25, -0.2) is 0 Å². The number of hydrogen-bond acceptors (Lipinski definition) is 3. The van der Waals surface area contributed by atoms with Crippen LogP contribution in [0.1, 0.15) is 15.9 Å². The third-order valence-corrected chi connectivity index (χ3v) is 3.75. The number of nitrogens with one attached hydrogen (secondary N) is 1. The second-order valence-electron chi connectivity index (χ2n) is 4.77. The molecule has 5 heteroatoms. The summed E-state index contributed by atoms with van der Waals surface area (Å²) in [6.45, 7) is 2.99. The van der Waals surface area contributed by atoms with Crippen molar-refractivity contribution in [2.24, 2.45) is 0 Å². The van der Waals surface area contributed by atoms with Crippen molar-refractivity contribution in [1.82, 2.24) is 0 Å². The summed E-state index contributed by atoms with van der Waals surface area (Å²) in [6, 6.07) is 11.0. The van der Waals surface area contributed by atoms with Crippen molar-refractivity contribution < 1.29 is 14.3 Å². The molecular weight excluding hydrogens is 334 g/mol. The lowest BCUT2D eigenvalue weighted by Gasteiger charge is -2.18. The Morgan fingerprint density at radius 3 is 2.67 bits per heavy atom. The zero-order valence-corrected chi connectivity index (χ0v) is 13.1. The molecular formula is C16H14BrNO3. The first-order chi connectivity index (χ1) is 10.1. The average molecular weight is 348 g/mol. The van der Waals surface area contributed by atoms with E-state index in [-0.39, 0.29) is 5.91 Å². The van der Waals surface area contributed by atoms with Crippen molar-refractivity contribution in [1.29, 1.82) is 0 Å². The van der Waals surface area contributed by atoms with Gasteiger partial charge >= 0.3 is 0 Å². The first-order valence-electron chi connectivity index (χ1n) is 6.60. The van der Waals surface area contributed by atoms with Gasteiger partial charge in [-0.2, -0.15) is 0 Å².